The van der Waals surface area contributed by atoms with Crippen molar-refractivity contribution in [1.29, 1.82) is 0 Å². The minimum absolute atomic E-state index is 0.0269. The fraction of sp³-hybridized carbons (Fsp3) is 0.538. The van der Waals surface area contributed by atoms with E-state index in [1.165, 1.54) is 0 Å². The van der Waals surface area contributed by atoms with Gasteiger partial charge in [0.25, 0.3) is 0 Å². The molecule has 33 heavy (non-hydrogen) atoms. The van der Waals surface area contributed by atoms with Crippen LogP contribution < -0.4 is 5.32 Å². The fourth-order valence-electron chi connectivity index (χ4n) is 4.03. The van der Waals surface area contributed by atoms with E-state index in [2.05, 4.69) is 5.32 Å². The Kier molecular flexibility index (Phi) is 12.0. The highest BCUT2D eigenvalue weighted by Crippen LogP contribution is 2.33. The van der Waals surface area contributed by atoms with E-state index in [1.807, 2.05) is 42.5 Å². The molecule has 5 N–H and O–H groups in total. The van der Waals surface area contributed by atoms with Crippen molar-refractivity contribution in [3.63, 3.8) is 0 Å². The van der Waals surface area contributed by atoms with Crippen molar-refractivity contribution in [2.45, 2.75) is 63.2 Å². The lowest BCUT2D eigenvalue weighted by Crippen LogP contribution is -2.39. The van der Waals surface area contributed by atoms with Gasteiger partial charge in [0.1, 0.15) is 5.78 Å². The van der Waals surface area contributed by atoms with Crippen molar-refractivity contribution in [1.82, 2.24) is 5.32 Å². The maximum Gasteiger partial charge on any atom is 0.220 e. The Labute approximate surface area is 195 Å². The monoisotopic (exact) mass is 459 g/mol. The topological polar surface area (TPSA) is 127 Å². The molecule has 7 nitrogen and oxygen atoms in total. The highest BCUT2D eigenvalue weighted by Gasteiger charge is 2.39. The molecule has 2 rings (SSSR count). The van der Waals surface area contributed by atoms with Crippen molar-refractivity contribution in [2.24, 2.45) is 11.8 Å². The Morgan fingerprint density at radius 2 is 1.88 bits per heavy atom. The maximum absolute atomic E-state index is 12.3. The minimum atomic E-state index is -0.733. The molecule has 0 radical (unpaired) electrons. The summed E-state index contributed by atoms with van der Waals surface area (Å²) in [6.45, 7) is -0.605. The lowest BCUT2D eigenvalue weighted by molar-refractivity contribution is -0.122. The predicted octanol–water partition coefficient (Wildman–Crippen LogP) is 1.69. The average molecular weight is 460 g/mol. The van der Waals surface area contributed by atoms with Gasteiger partial charge in [0.2, 0.25) is 5.91 Å². The van der Waals surface area contributed by atoms with Gasteiger partial charge in [0.05, 0.1) is 31.5 Å². The SMILES string of the molecule is O=C(CCC/C=C/C[C@H]1C(=O)C[C@@H](O)[C@@H]1C=C[C@@H](O)CCc1ccccc1)NC(CO)CO. The average Bonchev–Trinajstić information content (AvgIpc) is 3.09. The van der Waals surface area contributed by atoms with Crippen LogP contribution in [0.25, 0.3) is 0 Å². The van der Waals surface area contributed by atoms with Crippen molar-refractivity contribution < 1.29 is 30.0 Å². The van der Waals surface area contributed by atoms with Gasteiger partial charge < -0.3 is 25.7 Å². The molecular formula is C26H37NO6. The highest BCUT2D eigenvalue weighted by atomic mass is 16.3. The summed E-state index contributed by atoms with van der Waals surface area (Å²) in [4.78, 5) is 24.1. The van der Waals surface area contributed by atoms with Crippen LogP contribution in [-0.4, -0.2) is 63.6 Å². The summed E-state index contributed by atoms with van der Waals surface area (Å²) in [5.74, 6) is -0.819. The summed E-state index contributed by atoms with van der Waals surface area (Å²) < 4.78 is 0. The molecular weight excluding hydrogens is 422 g/mol. The van der Waals surface area contributed by atoms with E-state index in [0.717, 1.165) is 12.0 Å². The number of rotatable bonds is 14. The van der Waals surface area contributed by atoms with E-state index < -0.39 is 18.2 Å². The molecule has 1 aromatic rings. The first-order valence-electron chi connectivity index (χ1n) is 11.7. The van der Waals surface area contributed by atoms with Crippen molar-refractivity contribution in [3.8, 4) is 0 Å². The Bertz CT molecular complexity index is 774. The van der Waals surface area contributed by atoms with E-state index in [9.17, 15) is 19.8 Å². The maximum atomic E-state index is 12.3. The number of benzene rings is 1. The van der Waals surface area contributed by atoms with Gasteiger partial charge in [-0.3, -0.25) is 9.59 Å². The summed E-state index contributed by atoms with van der Waals surface area (Å²) in [5, 5.41) is 41.1. The third-order valence-corrected chi connectivity index (χ3v) is 6.00. The Morgan fingerprint density at radius 1 is 1.15 bits per heavy atom. The lowest BCUT2D eigenvalue weighted by Gasteiger charge is -2.16. The number of allylic oxidation sites excluding steroid dienone is 2. The summed E-state index contributed by atoms with van der Waals surface area (Å²) in [6.07, 6.45) is 9.48. The van der Waals surface area contributed by atoms with Crippen molar-refractivity contribution >= 4 is 11.7 Å². The third-order valence-electron chi connectivity index (χ3n) is 6.00. The van der Waals surface area contributed by atoms with E-state index in [0.29, 0.717) is 25.7 Å². The molecule has 1 aromatic carbocycles. The van der Waals surface area contributed by atoms with Gasteiger partial charge >= 0.3 is 0 Å². The number of aryl methyl sites for hydroxylation is 1. The van der Waals surface area contributed by atoms with Crippen LogP contribution in [0.15, 0.2) is 54.6 Å². The van der Waals surface area contributed by atoms with E-state index in [-0.39, 0.29) is 49.6 Å². The van der Waals surface area contributed by atoms with Crippen LogP contribution in [0.5, 0.6) is 0 Å². The standard InChI is InChI=1S/C26H37NO6/c28-17-20(18-29)27-26(33)11-7-2-1-6-10-22-23(25(32)16-24(22)31)15-14-21(30)13-12-19-8-4-3-5-9-19/h1,3-6,8-9,14-15,20-23,25,28-30,32H,2,7,10-13,16-18H2,(H,27,33)/b6-1+,15-14?/t21-,22+,23+,25+/m0/s1. The van der Waals surface area contributed by atoms with Crippen LogP contribution in [-0.2, 0) is 16.0 Å². The summed E-state index contributed by atoms with van der Waals surface area (Å²) >= 11 is 0. The Balaban J connectivity index is 1.75. The number of hydrogen-bond donors (Lipinski definition) is 5. The van der Waals surface area contributed by atoms with Crippen LogP contribution in [0.2, 0.25) is 0 Å². The molecule has 1 saturated carbocycles. The van der Waals surface area contributed by atoms with Gasteiger partial charge in [-0.1, -0.05) is 54.6 Å². The number of ketones is 1. The molecule has 0 spiro atoms. The van der Waals surface area contributed by atoms with Crippen molar-refractivity contribution in [3.05, 3.63) is 60.2 Å². The van der Waals surface area contributed by atoms with Crippen LogP contribution in [0.1, 0.15) is 44.1 Å². The number of nitrogens with one attached hydrogen (secondary N) is 1. The lowest BCUT2D eigenvalue weighted by atomic mass is 9.90. The number of aliphatic hydroxyl groups excluding tert-OH is 4. The summed E-state index contributed by atoms with van der Waals surface area (Å²) in [7, 11) is 0. The zero-order chi connectivity index (χ0) is 24.1. The van der Waals surface area contributed by atoms with Crippen molar-refractivity contribution in [2.75, 3.05) is 13.2 Å². The van der Waals surface area contributed by atoms with Gasteiger partial charge in [-0.05, 0) is 37.7 Å². The Hall–Kier alpha value is -2.32. The van der Waals surface area contributed by atoms with Gasteiger partial charge in [-0.25, -0.2) is 0 Å². The molecule has 1 aliphatic rings. The second kappa shape index (κ2) is 14.8. The molecule has 1 fully saturated rings. The molecule has 0 aliphatic heterocycles. The van der Waals surface area contributed by atoms with Crippen LogP contribution in [0, 0.1) is 11.8 Å². The molecule has 182 valence electrons. The molecule has 0 saturated heterocycles. The summed E-state index contributed by atoms with van der Waals surface area (Å²) in [5.41, 5.74) is 1.16. The first-order chi connectivity index (χ1) is 15.9. The number of unbranched alkanes of at least 4 members (excludes halogenated alkanes) is 1. The van der Waals surface area contributed by atoms with E-state index in [1.54, 1.807) is 12.2 Å². The molecule has 1 aliphatic carbocycles. The van der Waals surface area contributed by atoms with Gasteiger partial charge in [-0.15, -0.1) is 0 Å². The number of hydrogen-bond acceptors (Lipinski definition) is 6. The third kappa shape index (κ3) is 9.60. The fourth-order valence-corrected chi connectivity index (χ4v) is 4.03. The smallest absolute Gasteiger partial charge is 0.220 e. The molecule has 0 aromatic heterocycles. The van der Waals surface area contributed by atoms with Gasteiger partial charge in [0, 0.05) is 24.7 Å². The largest absolute Gasteiger partial charge is 0.394 e. The number of Topliss-reactive ketones (excluding diaryl/α,β-unsaturated/α-hetero) is 1. The van der Waals surface area contributed by atoms with Gasteiger partial charge in [-0.2, -0.15) is 0 Å². The van der Waals surface area contributed by atoms with E-state index >= 15 is 0 Å². The molecule has 0 bridgehead atoms. The molecule has 4 atom stereocenters. The molecule has 7 heteroatoms. The van der Waals surface area contributed by atoms with Crippen LogP contribution in [0.4, 0.5) is 0 Å². The zero-order valence-corrected chi connectivity index (χ0v) is 19.1. The normalized spacial score (nSPS) is 22.0. The molecule has 0 unspecified atom stereocenters. The first-order valence-corrected chi connectivity index (χ1v) is 11.7. The number of carbonyl (C=O) groups is 2. The first kappa shape index (κ1) is 26.9. The Morgan fingerprint density at radius 3 is 2.58 bits per heavy atom. The molecule has 0 heterocycles. The number of aliphatic hydroxyl groups is 4. The van der Waals surface area contributed by atoms with E-state index in [4.69, 9.17) is 10.2 Å². The number of amides is 1. The predicted molar refractivity (Wildman–Crippen MR) is 126 cm³/mol. The number of carbonyl (C=O) groups excluding carboxylic acids is 2. The van der Waals surface area contributed by atoms with Crippen LogP contribution >= 0.6 is 0 Å². The van der Waals surface area contributed by atoms with Crippen LogP contribution in [0.3, 0.4) is 0 Å². The zero-order valence-electron chi connectivity index (χ0n) is 19.1. The summed E-state index contributed by atoms with van der Waals surface area (Å²) in [6, 6.07) is 9.30. The quantitative estimate of drug-likeness (QED) is 0.213. The van der Waals surface area contributed by atoms with Gasteiger partial charge in [0.15, 0.2) is 0 Å². The minimum Gasteiger partial charge on any atom is -0.394 e. The molecule has 1 amide bonds. The second-order valence-corrected chi connectivity index (χ2v) is 8.63. The second-order valence-electron chi connectivity index (χ2n) is 8.63. The highest BCUT2D eigenvalue weighted by molar-refractivity contribution is 5.84.